The molecule has 1 heterocycles. The molecule has 1 aliphatic heterocycles. The summed E-state index contributed by atoms with van der Waals surface area (Å²) in [5.41, 5.74) is 0. The van der Waals surface area contributed by atoms with Gasteiger partial charge in [-0.15, -0.1) is 0 Å². The summed E-state index contributed by atoms with van der Waals surface area (Å²) in [6, 6.07) is 1.76. The van der Waals surface area contributed by atoms with Gasteiger partial charge >= 0.3 is 0 Å². The van der Waals surface area contributed by atoms with Gasteiger partial charge < -0.3 is 5.32 Å². The van der Waals surface area contributed by atoms with E-state index in [1.165, 1.54) is 32.1 Å². The number of nitrogens with one attached hydrogen (secondary N) is 1. The van der Waals surface area contributed by atoms with Crippen LogP contribution in [0, 0.1) is 5.92 Å². The number of hydrogen-bond donors (Lipinski definition) is 1. The molecule has 0 aromatic carbocycles. The Bertz CT molecular complexity index is 110. The highest BCUT2D eigenvalue weighted by molar-refractivity contribution is 4.93. The van der Waals surface area contributed by atoms with Crippen molar-refractivity contribution in [3.63, 3.8) is 0 Å². The van der Waals surface area contributed by atoms with E-state index < -0.39 is 0 Å². The fourth-order valence-electron chi connectivity index (χ4n) is 2.56. The zero-order valence-electron chi connectivity index (χ0n) is 8.77. The summed E-state index contributed by atoms with van der Waals surface area (Å²) in [5, 5.41) is 3.70. The van der Waals surface area contributed by atoms with Gasteiger partial charge in [-0.05, 0) is 31.6 Å². The van der Waals surface area contributed by atoms with Crippen LogP contribution >= 0.6 is 0 Å². The molecule has 1 saturated carbocycles. The molecule has 0 aromatic heterocycles. The van der Waals surface area contributed by atoms with Crippen LogP contribution in [0.4, 0.5) is 0 Å². The van der Waals surface area contributed by atoms with Crippen LogP contribution in [0.2, 0.25) is 0 Å². The van der Waals surface area contributed by atoms with Gasteiger partial charge in [-0.25, -0.2) is 0 Å². The van der Waals surface area contributed by atoms with Gasteiger partial charge in [-0.1, -0.05) is 27.2 Å². The average Bonchev–Trinajstić information content (AvgIpc) is 2.65. The third-order valence-corrected chi connectivity index (χ3v) is 3.19. The molecule has 2 fully saturated rings. The molecule has 1 nitrogen and oxygen atoms in total. The van der Waals surface area contributed by atoms with Gasteiger partial charge in [0.2, 0.25) is 0 Å². The zero-order valence-corrected chi connectivity index (χ0v) is 8.77. The molecular formula is C11H23N. The average molecular weight is 169 g/mol. The minimum absolute atomic E-state index is 0.857. The lowest BCUT2D eigenvalue weighted by Crippen LogP contribution is -2.28. The second-order valence-electron chi connectivity index (χ2n) is 3.81. The summed E-state index contributed by atoms with van der Waals surface area (Å²) in [7, 11) is 0. The largest absolute Gasteiger partial charge is 0.311 e. The minimum atomic E-state index is 0.857. The van der Waals surface area contributed by atoms with Crippen molar-refractivity contribution < 1.29 is 0 Å². The summed E-state index contributed by atoms with van der Waals surface area (Å²) in [5.74, 6) is 1.05. The van der Waals surface area contributed by atoms with E-state index in [9.17, 15) is 0 Å². The number of rotatable bonds is 1. The molecule has 1 heteroatoms. The van der Waals surface area contributed by atoms with Crippen LogP contribution in [0.15, 0.2) is 0 Å². The van der Waals surface area contributed by atoms with Crippen LogP contribution in [0.1, 0.15) is 52.9 Å². The molecule has 0 amide bonds. The van der Waals surface area contributed by atoms with E-state index in [1.54, 1.807) is 0 Å². The molecule has 1 aliphatic carbocycles. The van der Waals surface area contributed by atoms with Gasteiger partial charge in [0.05, 0.1) is 0 Å². The first-order valence-corrected chi connectivity index (χ1v) is 5.66. The molecule has 2 rings (SSSR count). The molecule has 12 heavy (non-hydrogen) atoms. The summed E-state index contributed by atoms with van der Waals surface area (Å²) < 4.78 is 0. The monoisotopic (exact) mass is 169 g/mol. The first kappa shape index (κ1) is 10.0. The predicted molar refractivity (Wildman–Crippen MR) is 54.3 cm³/mol. The highest BCUT2D eigenvalue weighted by Gasteiger charge is 2.35. The molecule has 0 spiro atoms. The zero-order chi connectivity index (χ0) is 8.97. The van der Waals surface area contributed by atoms with E-state index in [-0.39, 0.29) is 0 Å². The maximum absolute atomic E-state index is 3.70. The first-order valence-electron chi connectivity index (χ1n) is 5.66. The normalized spacial score (nSPS) is 38.8. The second kappa shape index (κ2) is 4.86. The fourth-order valence-corrected chi connectivity index (χ4v) is 2.56. The van der Waals surface area contributed by atoms with Crippen molar-refractivity contribution in [2.24, 2.45) is 5.92 Å². The highest BCUT2D eigenvalue weighted by atomic mass is 15.0. The fraction of sp³-hybridized carbons (Fsp3) is 1.00. The van der Waals surface area contributed by atoms with E-state index >= 15 is 0 Å². The van der Waals surface area contributed by atoms with Crippen molar-refractivity contribution in [1.29, 1.82) is 0 Å². The third kappa shape index (κ3) is 2.01. The van der Waals surface area contributed by atoms with Crippen molar-refractivity contribution in [3.05, 3.63) is 0 Å². The Morgan fingerprint density at radius 3 is 2.58 bits per heavy atom. The standard InChI is InChI=1S/C9H17N.C2H6/c1-2-8-6-7-4-3-5-9(7)10-8;1-2/h7-10H,2-6H2,1H3;1-2H3/t7-,8+,9-;/m0./s1. The van der Waals surface area contributed by atoms with E-state index in [0.717, 1.165) is 18.0 Å². The van der Waals surface area contributed by atoms with Crippen LogP contribution in [0.5, 0.6) is 0 Å². The summed E-state index contributed by atoms with van der Waals surface area (Å²) >= 11 is 0. The quantitative estimate of drug-likeness (QED) is 0.636. The highest BCUT2D eigenvalue weighted by Crippen LogP contribution is 2.35. The first-order chi connectivity index (χ1) is 5.90. The third-order valence-electron chi connectivity index (χ3n) is 3.19. The van der Waals surface area contributed by atoms with E-state index in [0.29, 0.717) is 0 Å². The summed E-state index contributed by atoms with van der Waals surface area (Å²) in [6.07, 6.45) is 7.20. The Hall–Kier alpha value is -0.0400. The maximum Gasteiger partial charge on any atom is 0.00984 e. The van der Waals surface area contributed by atoms with Gasteiger partial charge in [0.15, 0.2) is 0 Å². The number of hydrogen-bond acceptors (Lipinski definition) is 1. The minimum Gasteiger partial charge on any atom is -0.311 e. The Kier molecular flexibility index (Phi) is 4.07. The van der Waals surface area contributed by atoms with Crippen molar-refractivity contribution >= 4 is 0 Å². The summed E-state index contributed by atoms with van der Waals surface area (Å²) in [6.45, 7) is 6.29. The maximum atomic E-state index is 3.70. The van der Waals surface area contributed by atoms with Crippen molar-refractivity contribution in [1.82, 2.24) is 5.32 Å². The lowest BCUT2D eigenvalue weighted by molar-refractivity contribution is 0.513. The van der Waals surface area contributed by atoms with Crippen LogP contribution < -0.4 is 5.32 Å². The molecule has 0 bridgehead atoms. The van der Waals surface area contributed by atoms with Crippen molar-refractivity contribution in [3.8, 4) is 0 Å². The lowest BCUT2D eigenvalue weighted by atomic mass is 10.0. The smallest absolute Gasteiger partial charge is 0.00984 e. The molecule has 0 aromatic rings. The number of fused-ring (bicyclic) bond motifs is 1. The van der Waals surface area contributed by atoms with Gasteiger partial charge in [0.1, 0.15) is 0 Å². The SMILES string of the molecule is CC.CC[C@@H]1C[C@@H]2CCC[C@@H]2N1. The van der Waals surface area contributed by atoms with Crippen molar-refractivity contribution in [2.45, 2.75) is 65.0 Å². The second-order valence-corrected chi connectivity index (χ2v) is 3.81. The molecule has 3 atom stereocenters. The lowest BCUT2D eigenvalue weighted by Gasteiger charge is -2.09. The molecule has 1 saturated heterocycles. The van der Waals surface area contributed by atoms with E-state index in [4.69, 9.17) is 0 Å². The van der Waals surface area contributed by atoms with Crippen LogP contribution in [0.3, 0.4) is 0 Å². The Balaban J connectivity index is 0.000000336. The van der Waals surface area contributed by atoms with E-state index in [2.05, 4.69) is 12.2 Å². The summed E-state index contributed by atoms with van der Waals surface area (Å²) in [4.78, 5) is 0. The topological polar surface area (TPSA) is 12.0 Å². The Morgan fingerprint density at radius 2 is 2.00 bits per heavy atom. The van der Waals surface area contributed by atoms with Crippen molar-refractivity contribution in [2.75, 3.05) is 0 Å². The molecular weight excluding hydrogens is 146 g/mol. The molecule has 0 radical (unpaired) electrons. The van der Waals surface area contributed by atoms with Gasteiger partial charge in [0.25, 0.3) is 0 Å². The van der Waals surface area contributed by atoms with Gasteiger partial charge in [0, 0.05) is 12.1 Å². The molecule has 0 unspecified atom stereocenters. The Labute approximate surface area is 76.9 Å². The molecule has 2 aliphatic rings. The molecule has 72 valence electrons. The Morgan fingerprint density at radius 1 is 1.25 bits per heavy atom. The molecule has 1 N–H and O–H groups in total. The van der Waals surface area contributed by atoms with Crippen LogP contribution in [0.25, 0.3) is 0 Å². The van der Waals surface area contributed by atoms with Gasteiger partial charge in [-0.2, -0.15) is 0 Å². The van der Waals surface area contributed by atoms with Crippen LogP contribution in [-0.2, 0) is 0 Å². The van der Waals surface area contributed by atoms with Gasteiger partial charge in [-0.3, -0.25) is 0 Å². The predicted octanol–water partition coefficient (Wildman–Crippen LogP) is 2.95. The van der Waals surface area contributed by atoms with E-state index in [1.807, 2.05) is 13.8 Å². The van der Waals surface area contributed by atoms with Crippen LogP contribution in [-0.4, -0.2) is 12.1 Å².